The zero-order chi connectivity index (χ0) is 14.3. The molecule has 0 saturated carbocycles. The predicted molar refractivity (Wildman–Crippen MR) is 76.8 cm³/mol. The van der Waals surface area contributed by atoms with Gasteiger partial charge in [0.05, 0.1) is 17.4 Å². The van der Waals surface area contributed by atoms with E-state index in [1.807, 2.05) is 25.9 Å². The van der Waals surface area contributed by atoms with E-state index in [-0.39, 0.29) is 5.91 Å². The van der Waals surface area contributed by atoms with Gasteiger partial charge >= 0.3 is 0 Å². The maximum Gasteiger partial charge on any atom is 0.256 e. The van der Waals surface area contributed by atoms with Crippen molar-refractivity contribution in [3.05, 3.63) is 24.0 Å². The minimum atomic E-state index is -0.0170. The molecule has 0 atom stereocenters. The molecule has 0 bridgehead atoms. The van der Waals surface area contributed by atoms with Gasteiger partial charge in [-0.25, -0.2) is 0 Å². The average molecular weight is 265 g/mol. The van der Waals surface area contributed by atoms with Crippen molar-refractivity contribution < 1.29 is 4.79 Å². The molecule has 0 spiro atoms. The van der Waals surface area contributed by atoms with Gasteiger partial charge in [0.2, 0.25) is 0 Å². The highest BCUT2D eigenvalue weighted by Crippen LogP contribution is 2.14. The summed E-state index contributed by atoms with van der Waals surface area (Å²) in [5, 5.41) is 0. The van der Waals surface area contributed by atoms with Crippen LogP contribution in [-0.2, 0) is 0 Å². The second kappa shape index (κ2) is 7.70. The zero-order valence-electron chi connectivity index (χ0n) is 11.9. The molecule has 1 aromatic heterocycles. The quantitative estimate of drug-likeness (QED) is 0.563. The van der Waals surface area contributed by atoms with Crippen LogP contribution in [0.15, 0.2) is 18.5 Å². The fraction of sp³-hybridized carbons (Fsp3) is 0.538. The van der Waals surface area contributed by atoms with Crippen molar-refractivity contribution in [1.29, 1.82) is 0 Å². The van der Waals surface area contributed by atoms with E-state index in [9.17, 15) is 4.79 Å². The average Bonchev–Trinajstić information content (AvgIpc) is 2.42. The molecule has 6 nitrogen and oxygen atoms in total. The van der Waals surface area contributed by atoms with Gasteiger partial charge in [-0.1, -0.05) is 0 Å². The van der Waals surface area contributed by atoms with Gasteiger partial charge < -0.3 is 15.2 Å². The lowest BCUT2D eigenvalue weighted by molar-refractivity contribution is 0.0760. The monoisotopic (exact) mass is 265 g/mol. The van der Waals surface area contributed by atoms with Crippen molar-refractivity contribution in [3.63, 3.8) is 0 Å². The number of pyridine rings is 1. The number of aromatic nitrogens is 1. The fourth-order valence-corrected chi connectivity index (χ4v) is 1.85. The molecular formula is C13H23N5O. The first-order chi connectivity index (χ1) is 9.10. The summed E-state index contributed by atoms with van der Waals surface area (Å²) in [4.78, 5) is 20.3. The van der Waals surface area contributed by atoms with Crippen molar-refractivity contribution in [3.8, 4) is 0 Å². The first kappa shape index (κ1) is 15.4. The maximum atomic E-state index is 12.4. The lowest BCUT2D eigenvalue weighted by Crippen LogP contribution is -2.34. The Morgan fingerprint density at radius 3 is 2.74 bits per heavy atom. The molecule has 1 heterocycles. The van der Waals surface area contributed by atoms with Crippen LogP contribution in [0, 0.1) is 0 Å². The van der Waals surface area contributed by atoms with Gasteiger partial charge in [0, 0.05) is 19.3 Å². The molecule has 106 valence electrons. The molecule has 1 aromatic rings. The number of nitrogen functional groups attached to an aromatic ring is 1. The highest BCUT2D eigenvalue weighted by Gasteiger charge is 2.17. The molecular weight excluding hydrogens is 242 g/mol. The largest absolute Gasteiger partial charge is 0.339 e. The Bertz CT molecular complexity index is 408. The zero-order valence-corrected chi connectivity index (χ0v) is 11.9. The summed E-state index contributed by atoms with van der Waals surface area (Å²) in [6, 6.07) is 1.69. The van der Waals surface area contributed by atoms with E-state index in [1.165, 1.54) is 0 Å². The second-order valence-electron chi connectivity index (χ2n) is 4.61. The molecule has 0 radical (unpaired) electrons. The number of rotatable bonds is 7. The first-order valence-corrected chi connectivity index (χ1v) is 6.44. The van der Waals surface area contributed by atoms with Crippen LogP contribution in [0.25, 0.3) is 0 Å². The van der Waals surface area contributed by atoms with Gasteiger partial charge in [-0.05, 0) is 40.1 Å². The number of carbonyl (C=O) groups excluding carboxylic acids is 1. The number of hydrogen-bond acceptors (Lipinski definition) is 5. The van der Waals surface area contributed by atoms with Gasteiger partial charge in [0.15, 0.2) is 0 Å². The van der Waals surface area contributed by atoms with E-state index in [2.05, 4.69) is 15.3 Å². The number of nitrogens with zero attached hydrogens (tertiary/aromatic N) is 3. The van der Waals surface area contributed by atoms with E-state index >= 15 is 0 Å². The molecule has 0 aliphatic carbocycles. The van der Waals surface area contributed by atoms with Gasteiger partial charge in [-0.15, -0.1) is 0 Å². The van der Waals surface area contributed by atoms with E-state index in [1.54, 1.807) is 18.5 Å². The summed E-state index contributed by atoms with van der Waals surface area (Å²) < 4.78 is 0. The Kier molecular flexibility index (Phi) is 6.24. The molecule has 0 unspecified atom stereocenters. The van der Waals surface area contributed by atoms with Crippen LogP contribution < -0.4 is 11.3 Å². The lowest BCUT2D eigenvalue weighted by atomic mass is 10.2. The Labute approximate surface area is 114 Å². The Balaban J connectivity index is 2.72. The highest BCUT2D eigenvalue weighted by molar-refractivity contribution is 5.99. The summed E-state index contributed by atoms with van der Waals surface area (Å²) in [7, 11) is 4.05. The predicted octanol–water partition coefficient (Wildman–Crippen LogP) is 0.781. The molecule has 19 heavy (non-hydrogen) atoms. The molecule has 1 rings (SSSR count). The molecule has 0 saturated heterocycles. The molecule has 3 N–H and O–H groups in total. The van der Waals surface area contributed by atoms with Gasteiger partial charge in [-0.2, -0.15) is 0 Å². The normalized spacial score (nSPS) is 10.6. The Morgan fingerprint density at radius 2 is 2.16 bits per heavy atom. The summed E-state index contributed by atoms with van der Waals surface area (Å²) in [5.41, 5.74) is 3.63. The van der Waals surface area contributed by atoms with Crippen LogP contribution in [0.2, 0.25) is 0 Å². The topological polar surface area (TPSA) is 74.5 Å². The van der Waals surface area contributed by atoms with Gasteiger partial charge in [0.1, 0.15) is 0 Å². The Hall–Kier alpha value is -1.66. The van der Waals surface area contributed by atoms with E-state index in [0.29, 0.717) is 17.8 Å². The van der Waals surface area contributed by atoms with Gasteiger partial charge in [-0.3, -0.25) is 15.6 Å². The summed E-state index contributed by atoms with van der Waals surface area (Å²) in [5.74, 6) is 5.39. The van der Waals surface area contributed by atoms with Crippen molar-refractivity contribution in [2.45, 2.75) is 13.3 Å². The molecule has 0 aromatic carbocycles. The fourth-order valence-electron chi connectivity index (χ4n) is 1.85. The van der Waals surface area contributed by atoms with Crippen LogP contribution in [0.3, 0.4) is 0 Å². The third-order valence-electron chi connectivity index (χ3n) is 2.91. The molecule has 0 aliphatic rings. The van der Waals surface area contributed by atoms with Crippen LogP contribution in [0.4, 0.5) is 5.69 Å². The summed E-state index contributed by atoms with van der Waals surface area (Å²) >= 11 is 0. The number of anilines is 1. The van der Waals surface area contributed by atoms with Crippen LogP contribution in [0.1, 0.15) is 23.7 Å². The van der Waals surface area contributed by atoms with Crippen molar-refractivity contribution >= 4 is 11.6 Å². The maximum absolute atomic E-state index is 12.4. The second-order valence-corrected chi connectivity index (χ2v) is 4.61. The number of nitrogens with one attached hydrogen (secondary N) is 1. The smallest absolute Gasteiger partial charge is 0.256 e. The minimum absolute atomic E-state index is 0.0170. The minimum Gasteiger partial charge on any atom is -0.339 e. The summed E-state index contributed by atoms with van der Waals surface area (Å²) in [6.45, 7) is 4.35. The molecule has 6 heteroatoms. The number of amides is 1. The number of hydrogen-bond donors (Lipinski definition) is 2. The molecule has 0 aliphatic heterocycles. The SMILES string of the molecule is CCN(CCCN(C)C)C(=O)c1ccncc1NN. The third kappa shape index (κ3) is 4.50. The third-order valence-corrected chi connectivity index (χ3v) is 2.91. The highest BCUT2D eigenvalue weighted by atomic mass is 16.2. The van der Waals surface area contributed by atoms with E-state index in [4.69, 9.17) is 5.84 Å². The van der Waals surface area contributed by atoms with Crippen molar-refractivity contribution in [1.82, 2.24) is 14.8 Å². The number of nitrogens with two attached hydrogens (primary N) is 1. The van der Waals surface area contributed by atoms with Gasteiger partial charge in [0.25, 0.3) is 5.91 Å². The van der Waals surface area contributed by atoms with Crippen LogP contribution >= 0.6 is 0 Å². The van der Waals surface area contributed by atoms with Crippen molar-refractivity contribution in [2.24, 2.45) is 5.84 Å². The molecule has 1 amide bonds. The first-order valence-electron chi connectivity index (χ1n) is 6.44. The van der Waals surface area contributed by atoms with Crippen LogP contribution in [-0.4, -0.2) is 54.4 Å². The number of carbonyl (C=O) groups is 1. The number of hydrazine groups is 1. The molecule has 0 fully saturated rings. The van der Waals surface area contributed by atoms with E-state index < -0.39 is 0 Å². The lowest BCUT2D eigenvalue weighted by Gasteiger charge is -2.22. The Morgan fingerprint density at radius 1 is 1.42 bits per heavy atom. The van der Waals surface area contributed by atoms with Crippen LogP contribution in [0.5, 0.6) is 0 Å². The van der Waals surface area contributed by atoms with Crippen molar-refractivity contribution in [2.75, 3.05) is 39.2 Å². The summed E-state index contributed by atoms with van der Waals surface area (Å²) in [6.07, 6.45) is 4.10. The standard InChI is InChI=1S/C13H23N5O/c1-4-18(9-5-8-17(2)3)13(19)11-6-7-15-10-12(11)16-14/h6-7,10,16H,4-5,8-9,14H2,1-3H3. The van der Waals surface area contributed by atoms with E-state index in [0.717, 1.165) is 19.5 Å².